The van der Waals surface area contributed by atoms with Gasteiger partial charge in [0.25, 0.3) is 5.56 Å². The van der Waals surface area contributed by atoms with E-state index in [-0.39, 0.29) is 11.3 Å². The molecule has 3 aromatic rings. The lowest BCUT2D eigenvalue weighted by atomic mass is 9.83. The summed E-state index contributed by atoms with van der Waals surface area (Å²) in [6.45, 7) is 2.41. The van der Waals surface area contributed by atoms with Crippen molar-refractivity contribution in [2.75, 3.05) is 0 Å². The van der Waals surface area contributed by atoms with Crippen molar-refractivity contribution in [3.8, 4) is 11.4 Å². The highest BCUT2D eigenvalue weighted by molar-refractivity contribution is 5.94. The Kier molecular flexibility index (Phi) is 6.70. The molecule has 168 valence electrons. The van der Waals surface area contributed by atoms with Crippen LogP contribution in [0.25, 0.3) is 11.4 Å². The van der Waals surface area contributed by atoms with E-state index in [2.05, 4.69) is 12.1 Å². The summed E-state index contributed by atoms with van der Waals surface area (Å²) in [6.07, 6.45) is 9.39. The smallest absolute Gasteiger partial charge is 0.253 e. The number of rotatable bonds is 7. The van der Waals surface area contributed by atoms with Gasteiger partial charge in [-0.15, -0.1) is 0 Å². The van der Waals surface area contributed by atoms with Gasteiger partial charge in [0.15, 0.2) is 5.78 Å². The molecule has 0 aliphatic heterocycles. The molecule has 1 fully saturated rings. The molecule has 0 unspecified atom stereocenters. The predicted molar refractivity (Wildman–Crippen MR) is 127 cm³/mol. The Bertz CT molecular complexity index is 1110. The Balaban J connectivity index is 1.60. The molecule has 0 amide bonds. The van der Waals surface area contributed by atoms with Crippen LogP contribution in [0.2, 0.25) is 0 Å². The van der Waals surface area contributed by atoms with Gasteiger partial charge in [-0.3, -0.25) is 9.59 Å². The lowest BCUT2D eigenvalue weighted by Gasteiger charge is -2.25. The lowest BCUT2D eigenvalue weighted by Crippen LogP contribution is -2.26. The number of pyridine rings is 1. The number of nitrogens with zero attached hydrogens (tertiary/aromatic N) is 3. The van der Waals surface area contributed by atoms with Crippen LogP contribution in [0.1, 0.15) is 60.1 Å². The van der Waals surface area contributed by atoms with E-state index < -0.39 is 0 Å². The summed E-state index contributed by atoms with van der Waals surface area (Å²) in [5.41, 5.74) is 9.10. The maximum atomic E-state index is 13.0. The van der Waals surface area contributed by atoms with Gasteiger partial charge in [0.1, 0.15) is 11.5 Å². The van der Waals surface area contributed by atoms with Crippen molar-refractivity contribution in [1.82, 2.24) is 14.1 Å². The van der Waals surface area contributed by atoms with Crippen LogP contribution in [0, 0.1) is 12.8 Å². The highest BCUT2D eigenvalue weighted by Crippen LogP contribution is 2.28. The average Bonchev–Trinajstić information content (AvgIpc) is 3.21. The van der Waals surface area contributed by atoms with E-state index in [1.807, 2.05) is 35.0 Å². The fourth-order valence-corrected chi connectivity index (χ4v) is 4.62. The second-order valence-electron chi connectivity index (χ2n) is 9.13. The maximum absolute atomic E-state index is 13.0. The molecular weight excluding hydrogens is 400 g/mol. The van der Waals surface area contributed by atoms with Crippen LogP contribution in [0.5, 0.6) is 0 Å². The molecule has 4 rings (SSSR count). The van der Waals surface area contributed by atoms with Gasteiger partial charge in [0.05, 0.1) is 0 Å². The number of Topliss-reactive ketones (excluding diaryl/α,β-unsaturated/α-hetero) is 1. The number of nitrogens with two attached hydrogens (primary N) is 1. The van der Waals surface area contributed by atoms with E-state index in [1.165, 1.54) is 0 Å². The largest absolute Gasteiger partial charge is 0.328 e. The van der Waals surface area contributed by atoms with Crippen molar-refractivity contribution >= 4 is 5.78 Å². The molecule has 0 saturated heterocycles. The molecule has 0 radical (unpaired) electrons. The predicted octanol–water partition coefficient (Wildman–Crippen LogP) is 4.09. The second kappa shape index (κ2) is 9.65. The number of hydrogen-bond donors (Lipinski definition) is 1. The van der Waals surface area contributed by atoms with E-state index in [9.17, 15) is 9.59 Å². The monoisotopic (exact) mass is 432 g/mol. The second-order valence-corrected chi connectivity index (χ2v) is 9.13. The van der Waals surface area contributed by atoms with Crippen LogP contribution in [0.4, 0.5) is 0 Å². The molecule has 2 N–H and O–H groups in total. The van der Waals surface area contributed by atoms with E-state index in [0.29, 0.717) is 42.0 Å². The van der Waals surface area contributed by atoms with Crippen molar-refractivity contribution in [2.24, 2.45) is 18.7 Å². The summed E-state index contributed by atoms with van der Waals surface area (Å²) >= 11 is 0. The highest BCUT2D eigenvalue weighted by atomic mass is 16.1. The Morgan fingerprint density at radius 3 is 2.53 bits per heavy atom. The number of aryl methyl sites for hydroxylation is 2. The fraction of sp³-hybridized carbons (Fsp3) is 0.423. The van der Waals surface area contributed by atoms with Crippen LogP contribution in [0.15, 0.2) is 53.6 Å². The van der Waals surface area contributed by atoms with E-state index >= 15 is 0 Å². The number of hydrogen-bond acceptors (Lipinski definition) is 4. The first-order valence-corrected chi connectivity index (χ1v) is 11.5. The molecule has 0 spiro atoms. The molecule has 0 bridgehead atoms. The molecule has 2 aromatic heterocycles. The van der Waals surface area contributed by atoms with Gasteiger partial charge < -0.3 is 14.9 Å². The summed E-state index contributed by atoms with van der Waals surface area (Å²) in [7, 11) is 1.74. The summed E-state index contributed by atoms with van der Waals surface area (Å²) in [6, 6.07) is 12.3. The minimum Gasteiger partial charge on any atom is -0.328 e. The standard InChI is InChI=1S/C26H32N4O2/c1-18-14-21(16-29(2)26(18)32)25-28-23(17-30(25)15-20-6-4-3-5-7-20)24(31)13-10-19-8-11-22(27)12-9-19/h3-7,14,16-17,19,22H,8-13,15,27H2,1-2H3. The summed E-state index contributed by atoms with van der Waals surface area (Å²) < 4.78 is 3.59. The number of carbonyl (C=O) groups excluding carboxylic acids is 1. The van der Waals surface area contributed by atoms with Gasteiger partial charge in [0.2, 0.25) is 0 Å². The first-order valence-electron chi connectivity index (χ1n) is 11.5. The van der Waals surface area contributed by atoms with Crippen molar-refractivity contribution in [3.63, 3.8) is 0 Å². The van der Waals surface area contributed by atoms with Crippen LogP contribution in [0.3, 0.4) is 0 Å². The van der Waals surface area contributed by atoms with Crippen LogP contribution in [-0.4, -0.2) is 25.9 Å². The van der Waals surface area contributed by atoms with E-state index in [4.69, 9.17) is 10.7 Å². The SMILES string of the molecule is Cc1cc(-c2nc(C(=O)CCC3CCC(N)CC3)cn2Cc2ccccc2)cn(C)c1=O. The summed E-state index contributed by atoms with van der Waals surface area (Å²) in [5.74, 6) is 1.37. The van der Waals surface area contributed by atoms with E-state index in [0.717, 1.165) is 43.2 Å². The first kappa shape index (κ1) is 22.2. The van der Waals surface area contributed by atoms with Gasteiger partial charge in [-0.2, -0.15) is 0 Å². The van der Waals surface area contributed by atoms with Crippen LogP contribution >= 0.6 is 0 Å². The molecule has 6 nitrogen and oxygen atoms in total. The molecule has 0 atom stereocenters. The average molecular weight is 433 g/mol. The molecule has 32 heavy (non-hydrogen) atoms. The third-order valence-corrected chi connectivity index (χ3v) is 6.55. The molecular formula is C26H32N4O2. The Hall–Kier alpha value is -2.99. The zero-order chi connectivity index (χ0) is 22.7. The number of aromatic nitrogens is 3. The lowest BCUT2D eigenvalue weighted by molar-refractivity contribution is 0.0965. The quantitative estimate of drug-likeness (QED) is 0.570. The van der Waals surface area contributed by atoms with Crippen LogP contribution < -0.4 is 11.3 Å². The van der Waals surface area contributed by atoms with Crippen LogP contribution in [-0.2, 0) is 13.6 Å². The maximum Gasteiger partial charge on any atom is 0.253 e. The summed E-state index contributed by atoms with van der Waals surface area (Å²) in [4.78, 5) is 29.9. The molecule has 2 heterocycles. The number of ketones is 1. The minimum absolute atomic E-state index is 0.0292. The fourth-order valence-electron chi connectivity index (χ4n) is 4.62. The van der Waals surface area contributed by atoms with Gasteiger partial charge >= 0.3 is 0 Å². The Morgan fingerprint density at radius 1 is 1.12 bits per heavy atom. The zero-order valence-corrected chi connectivity index (χ0v) is 19.0. The van der Waals surface area contributed by atoms with Gasteiger partial charge in [-0.25, -0.2) is 4.98 Å². The topological polar surface area (TPSA) is 82.9 Å². The Labute approximate surface area is 189 Å². The number of carbonyl (C=O) groups is 1. The number of benzene rings is 1. The van der Waals surface area contributed by atoms with E-state index in [1.54, 1.807) is 24.7 Å². The normalized spacial score (nSPS) is 18.6. The molecule has 6 heteroatoms. The Morgan fingerprint density at radius 2 is 1.84 bits per heavy atom. The third-order valence-electron chi connectivity index (χ3n) is 6.55. The van der Waals surface area contributed by atoms with Crippen molar-refractivity contribution in [1.29, 1.82) is 0 Å². The first-order chi connectivity index (χ1) is 15.4. The highest BCUT2D eigenvalue weighted by Gasteiger charge is 2.21. The molecule has 1 aliphatic carbocycles. The van der Waals surface area contributed by atoms with Gasteiger partial charge in [0, 0.05) is 49.6 Å². The van der Waals surface area contributed by atoms with Crippen molar-refractivity contribution in [2.45, 2.75) is 58.0 Å². The van der Waals surface area contributed by atoms with Gasteiger partial charge in [-0.1, -0.05) is 30.3 Å². The number of imidazole rings is 1. The minimum atomic E-state index is -0.0292. The molecule has 1 saturated carbocycles. The van der Waals surface area contributed by atoms with Gasteiger partial charge in [-0.05, 0) is 56.6 Å². The zero-order valence-electron chi connectivity index (χ0n) is 19.0. The third kappa shape index (κ3) is 5.07. The summed E-state index contributed by atoms with van der Waals surface area (Å²) in [5, 5.41) is 0. The molecule has 1 aliphatic rings. The van der Waals surface area contributed by atoms with Crippen molar-refractivity contribution < 1.29 is 4.79 Å². The van der Waals surface area contributed by atoms with Crippen molar-refractivity contribution in [3.05, 3.63) is 76.0 Å². The molecule has 1 aromatic carbocycles.